The quantitative estimate of drug-likeness (QED) is 0.468. The van der Waals surface area contributed by atoms with Crippen LogP contribution in [0, 0.1) is 0 Å². The van der Waals surface area contributed by atoms with Gasteiger partial charge in [0.25, 0.3) is 0 Å². The fraction of sp³-hybridized carbons (Fsp3) is 0.391. The van der Waals surface area contributed by atoms with Crippen LogP contribution in [0.25, 0.3) is 0 Å². The number of halogens is 3. The van der Waals surface area contributed by atoms with Gasteiger partial charge in [0.15, 0.2) is 0 Å². The van der Waals surface area contributed by atoms with E-state index in [0.29, 0.717) is 20.8 Å². The number of nitrogens with one attached hydrogen (secondary N) is 1. The molecule has 0 aliphatic carbocycles. The van der Waals surface area contributed by atoms with Crippen LogP contribution in [0.2, 0.25) is 15.1 Å². The summed E-state index contributed by atoms with van der Waals surface area (Å²) >= 11 is 20.2. The van der Waals surface area contributed by atoms with Crippen molar-refractivity contribution in [2.45, 2.75) is 51.6 Å². The van der Waals surface area contributed by atoms with E-state index >= 15 is 0 Å². The lowest BCUT2D eigenvalue weighted by molar-refractivity contribution is -0.139. The molecule has 31 heavy (non-hydrogen) atoms. The lowest BCUT2D eigenvalue weighted by Crippen LogP contribution is -2.52. The summed E-state index contributed by atoms with van der Waals surface area (Å²) in [5.74, 6) is 0.294. The zero-order valence-electron chi connectivity index (χ0n) is 18.0. The van der Waals surface area contributed by atoms with Crippen molar-refractivity contribution in [3.63, 3.8) is 0 Å². The summed E-state index contributed by atoms with van der Waals surface area (Å²) in [7, 11) is 0. The number of benzene rings is 2. The Labute approximate surface area is 203 Å². The fourth-order valence-electron chi connectivity index (χ4n) is 2.86. The third-order valence-corrected chi connectivity index (χ3v) is 6.52. The van der Waals surface area contributed by atoms with Gasteiger partial charge in [0.1, 0.15) is 6.04 Å². The van der Waals surface area contributed by atoms with Gasteiger partial charge >= 0.3 is 0 Å². The van der Waals surface area contributed by atoms with Crippen LogP contribution in [0.3, 0.4) is 0 Å². The standard InChI is InChI=1S/C23H27Cl3N2O2S/c1-15(22(30)27-23(2,3)4)28(12-16-8-5-6-9-18(16)24)21(29)14-31-13-17-19(25)10-7-11-20(17)26/h5-11,15H,12-14H2,1-4H3,(H,27,30). The van der Waals surface area contributed by atoms with Crippen LogP contribution in [0.5, 0.6) is 0 Å². The van der Waals surface area contributed by atoms with Crippen molar-refractivity contribution in [2.24, 2.45) is 0 Å². The van der Waals surface area contributed by atoms with E-state index in [1.54, 1.807) is 36.1 Å². The van der Waals surface area contributed by atoms with Gasteiger partial charge in [-0.2, -0.15) is 0 Å². The molecule has 0 bridgehead atoms. The number of hydrogen-bond donors (Lipinski definition) is 1. The predicted octanol–water partition coefficient (Wildman–Crippen LogP) is 6.21. The molecular weight excluding hydrogens is 475 g/mol. The Bertz CT molecular complexity index is 911. The second-order valence-electron chi connectivity index (χ2n) is 8.22. The predicted molar refractivity (Wildman–Crippen MR) is 132 cm³/mol. The maximum absolute atomic E-state index is 13.1. The van der Waals surface area contributed by atoms with Crippen molar-refractivity contribution in [3.05, 3.63) is 68.7 Å². The molecule has 0 radical (unpaired) electrons. The Balaban J connectivity index is 2.15. The summed E-state index contributed by atoms with van der Waals surface area (Å²) in [5, 5.41) is 4.63. The van der Waals surface area contributed by atoms with Crippen molar-refractivity contribution in [1.82, 2.24) is 10.2 Å². The number of rotatable bonds is 8. The molecule has 0 aliphatic heterocycles. The van der Waals surface area contributed by atoms with Gasteiger partial charge < -0.3 is 10.2 Å². The van der Waals surface area contributed by atoms with Crippen molar-refractivity contribution in [2.75, 3.05) is 5.75 Å². The molecule has 4 nitrogen and oxygen atoms in total. The smallest absolute Gasteiger partial charge is 0.242 e. The minimum absolute atomic E-state index is 0.162. The first-order valence-corrected chi connectivity index (χ1v) is 12.1. The fourth-order valence-corrected chi connectivity index (χ4v) is 4.70. The van der Waals surface area contributed by atoms with Crippen LogP contribution in [0.15, 0.2) is 42.5 Å². The van der Waals surface area contributed by atoms with Gasteiger partial charge in [-0.25, -0.2) is 0 Å². The van der Waals surface area contributed by atoms with Gasteiger partial charge in [-0.3, -0.25) is 9.59 Å². The van der Waals surface area contributed by atoms with Gasteiger partial charge in [0, 0.05) is 32.9 Å². The van der Waals surface area contributed by atoms with Gasteiger partial charge in [-0.15, -0.1) is 11.8 Å². The second kappa shape index (κ2) is 11.5. The van der Waals surface area contributed by atoms with Crippen LogP contribution in [-0.2, 0) is 21.9 Å². The summed E-state index contributed by atoms with van der Waals surface area (Å²) in [4.78, 5) is 27.5. The Morgan fingerprint density at radius 1 is 1.00 bits per heavy atom. The maximum atomic E-state index is 13.1. The number of carbonyl (C=O) groups excluding carboxylic acids is 2. The van der Waals surface area contributed by atoms with E-state index in [0.717, 1.165) is 11.1 Å². The van der Waals surface area contributed by atoms with Crippen LogP contribution in [0.1, 0.15) is 38.8 Å². The molecular formula is C23H27Cl3N2O2S. The van der Waals surface area contributed by atoms with E-state index in [1.165, 1.54) is 11.8 Å². The van der Waals surface area contributed by atoms with Gasteiger partial charge in [-0.05, 0) is 57.0 Å². The van der Waals surface area contributed by atoms with E-state index in [4.69, 9.17) is 34.8 Å². The van der Waals surface area contributed by atoms with Crippen LogP contribution in [-0.4, -0.2) is 34.0 Å². The Kier molecular flexibility index (Phi) is 9.56. The van der Waals surface area contributed by atoms with Gasteiger partial charge in [0.2, 0.25) is 11.8 Å². The topological polar surface area (TPSA) is 49.4 Å². The highest BCUT2D eigenvalue weighted by Gasteiger charge is 2.28. The van der Waals surface area contributed by atoms with Crippen molar-refractivity contribution < 1.29 is 9.59 Å². The molecule has 2 amide bonds. The Morgan fingerprint density at radius 3 is 2.16 bits per heavy atom. The molecule has 0 saturated carbocycles. The number of hydrogen-bond acceptors (Lipinski definition) is 3. The summed E-state index contributed by atoms with van der Waals surface area (Å²) in [5.41, 5.74) is 1.17. The second-order valence-corrected chi connectivity index (χ2v) is 10.4. The van der Waals surface area contributed by atoms with E-state index in [-0.39, 0.29) is 24.1 Å². The average molecular weight is 502 g/mol. The zero-order chi connectivity index (χ0) is 23.2. The normalized spacial score (nSPS) is 12.4. The summed E-state index contributed by atoms with van der Waals surface area (Å²) < 4.78 is 0. The third kappa shape index (κ3) is 7.90. The molecule has 0 aromatic heterocycles. The number of nitrogens with zero attached hydrogens (tertiary/aromatic N) is 1. The van der Waals surface area contributed by atoms with Crippen LogP contribution in [0.4, 0.5) is 0 Å². The summed E-state index contributed by atoms with van der Waals surface area (Å²) in [6.07, 6.45) is 0. The van der Waals surface area contributed by atoms with Crippen LogP contribution >= 0.6 is 46.6 Å². The maximum Gasteiger partial charge on any atom is 0.242 e. The van der Waals surface area contributed by atoms with Crippen molar-refractivity contribution >= 4 is 58.4 Å². The van der Waals surface area contributed by atoms with Crippen molar-refractivity contribution in [3.8, 4) is 0 Å². The molecule has 2 aromatic rings. The van der Waals surface area contributed by atoms with E-state index in [2.05, 4.69) is 5.32 Å². The molecule has 0 heterocycles. The first-order chi connectivity index (χ1) is 14.5. The van der Waals surface area contributed by atoms with E-state index in [9.17, 15) is 9.59 Å². The average Bonchev–Trinajstić information content (AvgIpc) is 2.67. The molecule has 0 fully saturated rings. The lowest BCUT2D eigenvalue weighted by Gasteiger charge is -2.31. The first-order valence-electron chi connectivity index (χ1n) is 9.85. The highest BCUT2D eigenvalue weighted by molar-refractivity contribution is 7.99. The van der Waals surface area contributed by atoms with Crippen LogP contribution < -0.4 is 5.32 Å². The third-order valence-electron chi connectivity index (χ3n) is 4.50. The highest BCUT2D eigenvalue weighted by Crippen LogP contribution is 2.28. The van der Waals surface area contributed by atoms with Gasteiger partial charge in [0.05, 0.1) is 5.75 Å². The van der Waals surface area contributed by atoms with Gasteiger partial charge in [-0.1, -0.05) is 59.1 Å². The highest BCUT2D eigenvalue weighted by atomic mass is 35.5. The zero-order valence-corrected chi connectivity index (χ0v) is 21.1. The largest absolute Gasteiger partial charge is 0.350 e. The Morgan fingerprint density at radius 2 is 1.58 bits per heavy atom. The van der Waals surface area contributed by atoms with E-state index in [1.807, 2.05) is 39.0 Å². The molecule has 2 rings (SSSR count). The van der Waals surface area contributed by atoms with E-state index < -0.39 is 11.6 Å². The molecule has 0 spiro atoms. The molecule has 0 aliphatic rings. The minimum atomic E-state index is -0.660. The molecule has 168 valence electrons. The van der Waals surface area contributed by atoms with Crippen molar-refractivity contribution in [1.29, 1.82) is 0 Å². The number of carbonyl (C=O) groups is 2. The molecule has 8 heteroatoms. The Hall–Kier alpha value is -1.40. The number of thioether (sulfide) groups is 1. The molecule has 1 atom stereocenters. The monoisotopic (exact) mass is 500 g/mol. The molecule has 1 unspecified atom stereocenters. The lowest BCUT2D eigenvalue weighted by atomic mass is 10.1. The first kappa shape index (κ1) is 25.9. The molecule has 0 saturated heterocycles. The minimum Gasteiger partial charge on any atom is -0.350 e. The summed E-state index contributed by atoms with van der Waals surface area (Å²) in [6.45, 7) is 7.68. The molecule has 1 N–H and O–H groups in total. The summed E-state index contributed by atoms with van der Waals surface area (Å²) in [6, 6.07) is 12.0. The number of amides is 2. The SMILES string of the molecule is CC(C(=O)NC(C)(C)C)N(Cc1ccccc1Cl)C(=O)CSCc1c(Cl)cccc1Cl. The molecule has 2 aromatic carbocycles.